The van der Waals surface area contributed by atoms with Crippen molar-refractivity contribution in [1.82, 2.24) is 5.32 Å². The maximum atomic E-state index is 12.2. The summed E-state index contributed by atoms with van der Waals surface area (Å²) in [5, 5.41) is 3.06. The summed E-state index contributed by atoms with van der Waals surface area (Å²) in [5.41, 5.74) is 0.387. The number of carbonyl (C=O) groups excluding carboxylic acids is 3. The fourth-order valence-electron chi connectivity index (χ4n) is 2.06. The molecule has 6 nitrogen and oxygen atoms in total. The lowest BCUT2D eigenvalue weighted by molar-refractivity contribution is -0.145. The minimum absolute atomic E-state index is 0.0932. The lowest BCUT2D eigenvalue weighted by Gasteiger charge is -2.20. The second kappa shape index (κ2) is 8.48. The average Bonchev–Trinajstić information content (AvgIpc) is 3.12. The van der Waals surface area contributed by atoms with Crippen LogP contribution in [-0.4, -0.2) is 30.3 Å². The fraction of sp³-hybridized carbons (Fsp3) is 0.278. The van der Waals surface area contributed by atoms with Crippen LogP contribution in [0.15, 0.2) is 47.1 Å². The number of nitrogens with one attached hydrogen (secondary N) is 1. The third kappa shape index (κ3) is 5.19. The van der Waals surface area contributed by atoms with Crippen molar-refractivity contribution in [3.8, 4) is 0 Å². The predicted octanol–water partition coefficient (Wildman–Crippen LogP) is 3.11. The zero-order valence-corrected chi connectivity index (χ0v) is 14.6. The van der Waals surface area contributed by atoms with E-state index in [1.165, 1.54) is 12.3 Å². The summed E-state index contributed by atoms with van der Waals surface area (Å²) < 4.78 is 10.1. The minimum atomic E-state index is -0.893. The van der Waals surface area contributed by atoms with Crippen LogP contribution < -0.4 is 5.32 Å². The number of hydrogen-bond acceptors (Lipinski definition) is 5. The van der Waals surface area contributed by atoms with Gasteiger partial charge in [0, 0.05) is 10.6 Å². The molecule has 0 fully saturated rings. The number of ketones is 1. The summed E-state index contributed by atoms with van der Waals surface area (Å²) >= 11 is 5.77. The van der Waals surface area contributed by atoms with Crippen LogP contribution in [0.5, 0.6) is 0 Å². The molecule has 2 aromatic rings. The quantitative estimate of drug-likeness (QED) is 0.603. The maximum absolute atomic E-state index is 12.2. The molecule has 0 aliphatic heterocycles. The Morgan fingerprint density at radius 1 is 1.16 bits per heavy atom. The fourth-order valence-corrected chi connectivity index (χ4v) is 2.19. The number of rotatable bonds is 7. The topological polar surface area (TPSA) is 85.6 Å². The number of Topliss-reactive ketones (excluding diaryl/α,β-unsaturated/α-hetero) is 1. The molecule has 1 atom stereocenters. The molecule has 1 N–H and O–H groups in total. The maximum Gasteiger partial charge on any atom is 0.329 e. The molecule has 0 saturated heterocycles. The molecule has 0 aliphatic carbocycles. The van der Waals surface area contributed by atoms with Gasteiger partial charge in [0.05, 0.1) is 6.26 Å². The molecule has 1 amide bonds. The van der Waals surface area contributed by atoms with Crippen molar-refractivity contribution < 1.29 is 23.5 Å². The summed E-state index contributed by atoms with van der Waals surface area (Å²) in [7, 11) is 0. The standard InChI is InChI=1S/C18H18ClNO5/c1-11(2)16(20-17(22)15-4-3-9-24-15)18(23)25-10-14(21)12-5-7-13(19)8-6-12/h3-9,11,16H,10H2,1-2H3,(H,20,22)/t16-/m1/s1. The average molecular weight is 364 g/mol. The summed E-state index contributed by atoms with van der Waals surface area (Å²) in [4.78, 5) is 36.3. The Morgan fingerprint density at radius 3 is 2.40 bits per heavy atom. The number of benzene rings is 1. The summed E-state index contributed by atoms with van der Waals surface area (Å²) in [6, 6.07) is 8.43. The zero-order valence-electron chi connectivity index (χ0n) is 13.8. The molecule has 0 aliphatic rings. The highest BCUT2D eigenvalue weighted by molar-refractivity contribution is 6.30. The highest BCUT2D eigenvalue weighted by atomic mass is 35.5. The Hall–Kier alpha value is -2.60. The van der Waals surface area contributed by atoms with Gasteiger partial charge in [0.15, 0.2) is 18.2 Å². The van der Waals surface area contributed by atoms with E-state index in [1.807, 2.05) is 0 Å². The smallest absolute Gasteiger partial charge is 0.329 e. The SMILES string of the molecule is CC(C)[C@@H](NC(=O)c1ccco1)C(=O)OCC(=O)c1ccc(Cl)cc1. The molecular weight excluding hydrogens is 346 g/mol. The molecule has 0 bridgehead atoms. The van der Waals surface area contributed by atoms with Crippen molar-refractivity contribution in [2.75, 3.05) is 6.61 Å². The normalized spacial score (nSPS) is 11.8. The van der Waals surface area contributed by atoms with E-state index in [0.717, 1.165) is 0 Å². The van der Waals surface area contributed by atoms with Crippen molar-refractivity contribution in [3.63, 3.8) is 0 Å². The van der Waals surface area contributed by atoms with Crippen LogP contribution in [-0.2, 0) is 9.53 Å². The number of ether oxygens (including phenoxy) is 1. The first kappa shape index (κ1) is 18.7. The highest BCUT2D eigenvalue weighted by Crippen LogP contribution is 2.11. The van der Waals surface area contributed by atoms with Crippen molar-refractivity contribution >= 4 is 29.3 Å². The Morgan fingerprint density at radius 2 is 1.84 bits per heavy atom. The van der Waals surface area contributed by atoms with Crippen molar-refractivity contribution in [3.05, 3.63) is 59.0 Å². The van der Waals surface area contributed by atoms with Gasteiger partial charge in [-0.2, -0.15) is 0 Å². The lowest BCUT2D eigenvalue weighted by atomic mass is 10.0. The number of esters is 1. The second-order valence-electron chi connectivity index (χ2n) is 5.71. The molecule has 7 heteroatoms. The van der Waals surface area contributed by atoms with Crippen LogP contribution in [0.25, 0.3) is 0 Å². The van der Waals surface area contributed by atoms with Gasteiger partial charge in [0.25, 0.3) is 5.91 Å². The van der Waals surface area contributed by atoms with Gasteiger partial charge in [-0.3, -0.25) is 9.59 Å². The van der Waals surface area contributed by atoms with E-state index in [4.69, 9.17) is 20.8 Å². The molecular formula is C18H18ClNO5. The van der Waals surface area contributed by atoms with Crippen LogP contribution in [0.3, 0.4) is 0 Å². The van der Waals surface area contributed by atoms with Gasteiger partial charge in [0.1, 0.15) is 6.04 Å². The summed E-state index contributed by atoms with van der Waals surface area (Å²) in [6.07, 6.45) is 1.36. The van der Waals surface area contributed by atoms with E-state index in [2.05, 4.69) is 5.32 Å². The van der Waals surface area contributed by atoms with Crippen molar-refractivity contribution in [1.29, 1.82) is 0 Å². The first-order chi connectivity index (χ1) is 11.9. The first-order valence-electron chi connectivity index (χ1n) is 7.68. The van der Waals surface area contributed by atoms with Crippen LogP contribution in [0, 0.1) is 5.92 Å². The molecule has 1 heterocycles. The van der Waals surface area contributed by atoms with E-state index in [0.29, 0.717) is 10.6 Å². The monoisotopic (exact) mass is 363 g/mol. The number of amides is 1. The molecule has 132 valence electrons. The van der Waals surface area contributed by atoms with E-state index in [1.54, 1.807) is 44.2 Å². The summed E-state index contributed by atoms with van der Waals surface area (Å²) in [6.45, 7) is 3.10. The van der Waals surface area contributed by atoms with Gasteiger partial charge in [0.2, 0.25) is 0 Å². The van der Waals surface area contributed by atoms with Crippen LogP contribution >= 0.6 is 11.6 Å². The Bertz CT molecular complexity index is 737. The third-order valence-corrected chi connectivity index (χ3v) is 3.72. The molecule has 1 aromatic heterocycles. The molecule has 1 aromatic carbocycles. The van der Waals surface area contributed by atoms with Crippen LogP contribution in [0.4, 0.5) is 0 Å². The first-order valence-corrected chi connectivity index (χ1v) is 8.06. The van der Waals surface area contributed by atoms with Gasteiger partial charge in [-0.25, -0.2) is 4.79 Å². The lowest BCUT2D eigenvalue weighted by Crippen LogP contribution is -2.45. The Kier molecular flexibility index (Phi) is 6.36. The van der Waals surface area contributed by atoms with Gasteiger partial charge in [-0.15, -0.1) is 0 Å². The second-order valence-corrected chi connectivity index (χ2v) is 6.15. The summed E-state index contributed by atoms with van der Waals surface area (Å²) in [5.74, 6) is -1.69. The van der Waals surface area contributed by atoms with Gasteiger partial charge in [-0.1, -0.05) is 25.4 Å². The largest absolute Gasteiger partial charge is 0.459 e. The van der Waals surface area contributed by atoms with E-state index in [9.17, 15) is 14.4 Å². The van der Waals surface area contributed by atoms with Crippen LogP contribution in [0.1, 0.15) is 34.8 Å². The predicted molar refractivity (Wildman–Crippen MR) is 91.5 cm³/mol. The molecule has 0 radical (unpaired) electrons. The number of carbonyl (C=O) groups is 3. The van der Waals surface area contributed by atoms with E-state index < -0.39 is 24.5 Å². The van der Waals surface area contributed by atoms with E-state index in [-0.39, 0.29) is 17.5 Å². The number of furan rings is 1. The van der Waals surface area contributed by atoms with Crippen molar-refractivity contribution in [2.45, 2.75) is 19.9 Å². The Balaban J connectivity index is 1.94. The van der Waals surface area contributed by atoms with Crippen LogP contribution in [0.2, 0.25) is 5.02 Å². The van der Waals surface area contributed by atoms with Crippen molar-refractivity contribution in [2.24, 2.45) is 5.92 Å². The molecule has 2 rings (SSSR count). The zero-order chi connectivity index (χ0) is 18.4. The molecule has 25 heavy (non-hydrogen) atoms. The molecule has 0 spiro atoms. The minimum Gasteiger partial charge on any atom is -0.459 e. The Labute approximate surface area is 150 Å². The van der Waals surface area contributed by atoms with Gasteiger partial charge >= 0.3 is 5.97 Å². The van der Waals surface area contributed by atoms with Gasteiger partial charge < -0.3 is 14.5 Å². The highest BCUT2D eigenvalue weighted by Gasteiger charge is 2.27. The molecule has 0 unspecified atom stereocenters. The molecule has 0 saturated carbocycles. The third-order valence-electron chi connectivity index (χ3n) is 3.46. The number of hydrogen-bond donors (Lipinski definition) is 1. The number of halogens is 1. The van der Waals surface area contributed by atoms with E-state index >= 15 is 0 Å². The van der Waals surface area contributed by atoms with Gasteiger partial charge in [-0.05, 0) is 42.3 Å².